The fourth-order valence-electron chi connectivity index (χ4n) is 2.01. The Morgan fingerprint density at radius 1 is 0.541 bits per heavy atom. The van der Waals surface area contributed by atoms with Crippen LogP contribution in [0.25, 0.3) is 0 Å². The summed E-state index contributed by atoms with van der Waals surface area (Å²) >= 11 is 9.50. The SMILES string of the molecule is OCC(O)CN(c1ccccc1)c1ccccc1.S=S=S=S=S=S=S=S=S=S=S=S=S=S=S=S=S=S=S. The molecule has 2 aromatic carbocycles. The first-order chi connectivity index (χ1) is 18.2. The van der Waals surface area contributed by atoms with Crippen molar-refractivity contribution in [2.45, 2.75) is 6.10 Å². The third-order valence-electron chi connectivity index (χ3n) is 3.18. The lowest BCUT2D eigenvalue weighted by Crippen LogP contribution is -2.30. The molecule has 22 heteroatoms. The first kappa shape index (κ1) is 37.4. The summed E-state index contributed by atoms with van der Waals surface area (Å²) in [6.45, 7) is 0.126. The Morgan fingerprint density at radius 2 is 0.838 bits per heavy atom. The van der Waals surface area contributed by atoms with Gasteiger partial charge in [-0.2, -0.15) is 0 Å². The molecule has 37 heavy (non-hydrogen) atoms. The Hall–Kier alpha value is 2.34. The predicted octanol–water partition coefficient (Wildman–Crippen LogP) is 2.13. The Kier molecular flexibility index (Phi) is 28.7. The molecule has 0 fully saturated rings. The average molecular weight is 853 g/mol. The Balaban J connectivity index is 0.000000370. The van der Waals surface area contributed by atoms with E-state index in [2.05, 4.69) is 0 Å². The smallest absolute Gasteiger partial charge is 0.0949 e. The van der Waals surface area contributed by atoms with Crippen molar-refractivity contribution in [1.29, 1.82) is 0 Å². The van der Waals surface area contributed by atoms with Gasteiger partial charge in [0.25, 0.3) is 0 Å². The molecule has 2 aromatic rings. The first-order valence-corrected chi connectivity index (χ1v) is 33.0. The maximum atomic E-state index is 9.66. The van der Waals surface area contributed by atoms with Gasteiger partial charge in [0.15, 0.2) is 0 Å². The molecule has 2 rings (SSSR count). The maximum Gasteiger partial charge on any atom is 0.0949 e. The Bertz CT molecular complexity index is 1590. The lowest BCUT2D eigenvalue weighted by molar-refractivity contribution is 0.102. The summed E-state index contributed by atoms with van der Waals surface area (Å²) in [5, 5.41) is 18.7. The summed E-state index contributed by atoms with van der Waals surface area (Å²) in [5.41, 5.74) is 1.99. The molecule has 0 aromatic heterocycles. The van der Waals surface area contributed by atoms with E-state index < -0.39 is 6.10 Å². The van der Waals surface area contributed by atoms with Crippen LogP contribution in [0.2, 0.25) is 0 Å². The number of nitrogens with zero attached hydrogens (tertiary/aromatic N) is 1. The molecule has 0 saturated heterocycles. The maximum absolute atomic E-state index is 9.66. The molecule has 2 N–H and O–H groups in total. The van der Waals surface area contributed by atoms with Crippen molar-refractivity contribution in [1.82, 2.24) is 0 Å². The number of anilines is 2. The van der Waals surface area contributed by atoms with Crippen LogP contribution >= 0.6 is 0 Å². The second-order valence-corrected chi connectivity index (χ2v) is 35.3. The van der Waals surface area contributed by atoms with Crippen molar-refractivity contribution in [3.63, 3.8) is 0 Å². The first-order valence-electron chi connectivity index (χ1n) is 8.98. The summed E-state index contributed by atoms with van der Waals surface area (Å²) in [7, 11) is 29.0. The van der Waals surface area contributed by atoms with Crippen molar-refractivity contribution in [3.05, 3.63) is 60.7 Å². The van der Waals surface area contributed by atoms with Crippen molar-refractivity contribution in [2.75, 3.05) is 18.1 Å². The fourth-order valence-corrected chi connectivity index (χ4v) is 43.2. The zero-order valence-electron chi connectivity index (χ0n) is 17.9. The molecule has 0 radical (unpaired) electrons. The highest BCUT2D eigenvalue weighted by molar-refractivity contribution is 8.78. The molecule has 0 spiro atoms. The van der Waals surface area contributed by atoms with Gasteiger partial charge in [0.2, 0.25) is 0 Å². The van der Waals surface area contributed by atoms with E-state index in [9.17, 15) is 5.11 Å². The lowest BCUT2D eigenvalue weighted by atomic mass is 10.2. The quantitative estimate of drug-likeness (QED) is 0.484. The van der Waals surface area contributed by atoms with Crippen molar-refractivity contribution >= 4 is 185 Å². The molecule has 0 aliphatic rings. The van der Waals surface area contributed by atoms with Crippen LogP contribution in [0.1, 0.15) is 0 Å². The van der Waals surface area contributed by atoms with E-state index in [1.54, 1.807) is 133 Å². The Labute approximate surface area is 275 Å². The van der Waals surface area contributed by atoms with Gasteiger partial charge in [-0.3, -0.25) is 0 Å². The molecular weight excluding hydrogens is 835 g/mol. The lowest BCUT2D eigenvalue weighted by Gasteiger charge is -2.26. The van der Waals surface area contributed by atoms with Gasteiger partial charge in [-0.1, -0.05) is 36.4 Å². The highest BCUT2D eigenvalue weighted by Gasteiger charge is 2.13. The van der Waals surface area contributed by atoms with Gasteiger partial charge in [0, 0.05) is 185 Å². The van der Waals surface area contributed by atoms with Crippen LogP contribution in [0, 0.1) is 0 Å². The summed E-state index contributed by atoms with van der Waals surface area (Å²) in [5.74, 6) is 0. The summed E-state index contributed by atoms with van der Waals surface area (Å²) in [6.07, 6.45) is -0.759. The summed E-state index contributed by atoms with van der Waals surface area (Å²) in [6, 6.07) is 19.7. The zero-order valence-corrected chi connectivity index (χ0v) is 33.4. The third-order valence-corrected chi connectivity index (χ3v) is 38.7. The minimum absolute atomic E-state index is 0.240. The molecule has 0 saturated carbocycles. The van der Waals surface area contributed by atoms with Gasteiger partial charge in [-0.05, 0) is 24.3 Å². The third kappa shape index (κ3) is 21.7. The number of aliphatic hydroxyl groups is 2. The molecule has 0 aliphatic heterocycles. The summed E-state index contributed by atoms with van der Waals surface area (Å²) in [4.78, 5) is 1.99. The molecule has 0 amide bonds. The average Bonchev–Trinajstić information content (AvgIpc) is 2.95. The van der Waals surface area contributed by atoms with Gasteiger partial charge >= 0.3 is 0 Å². The van der Waals surface area contributed by atoms with Gasteiger partial charge < -0.3 is 15.1 Å². The van der Waals surface area contributed by atoms with Crippen LogP contribution in [-0.2, 0) is 173 Å². The second kappa shape index (κ2) is 28.5. The van der Waals surface area contributed by atoms with E-state index in [1.807, 2.05) is 65.6 Å². The molecule has 1 unspecified atom stereocenters. The van der Waals surface area contributed by atoms with E-state index in [0.29, 0.717) is 6.54 Å². The summed E-state index contributed by atoms with van der Waals surface area (Å²) < 4.78 is 0. The van der Waals surface area contributed by atoms with Gasteiger partial charge in [-0.25, -0.2) is 0 Å². The number of para-hydroxylation sites is 2. The number of hydrogen-bond acceptors (Lipinski definition) is 5. The van der Waals surface area contributed by atoms with Gasteiger partial charge in [0.1, 0.15) is 0 Å². The van der Waals surface area contributed by atoms with E-state index in [0.717, 1.165) is 11.4 Å². The van der Waals surface area contributed by atoms with Crippen LogP contribution in [0.3, 0.4) is 0 Å². The van der Waals surface area contributed by atoms with E-state index in [1.165, 1.54) is 17.8 Å². The predicted molar refractivity (Wildman–Crippen MR) is 213 cm³/mol. The van der Waals surface area contributed by atoms with E-state index >= 15 is 0 Å². The molecule has 3 nitrogen and oxygen atoms in total. The molecule has 208 valence electrons. The van der Waals surface area contributed by atoms with Crippen molar-refractivity contribution in [2.24, 2.45) is 0 Å². The van der Waals surface area contributed by atoms with Crippen LogP contribution in [0.15, 0.2) is 60.7 Å². The minimum Gasteiger partial charge on any atom is -0.394 e. The topological polar surface area (TPSA) is 43.7 Å². The van der Waals surface area contributed by atoms with Crippen molar-refractivity contribution in [3.8, 4) is 0 Å². The van der Waals surface area contributed by atoms with E-state index in [4.69, 9.17) is 27.5 Å². The zero-order chi connectivity index (χ0) is 26.8. The van der Waals surface area contributed by atoms with Gasteiger partial charge in [0.05, 0.1) is 19.3 Å². The van der Waals surface area contributed by atoms with Crippen molar-refractivity contribution < 1.29 is 10.2 Å². The normalized spacial score (nSPS) is 9.68. The molecule has 0 aliphatic carbocycles. The molecule has 0 bridgehead atoms. The standard InChI is InChI=1S/C15H17NO2.S19/c17-12-15(18)11-16(13-7-3-1-4-8-13)14-9-5-2-6-10-14;1-3-5-7-9-11-13-15-17-19-18-16-14-12-10-8-6-4-2/h1-10,15,17-18H,11-12H2;. The van der Waals surface area contributed by atoms with Crippen LogP contribution in [0.4, 0.5) is 11.4 Å². The highest BCUT2D eigenvalue weighted by atomic mass is 33.5. The highest BCUT2D eigenvalue weighted by Crippen LogP contribution is 2.24. The van der Waals surface area contributed by atoms with Gasteiger partial charge in [-0.15, -0.1) is 0 Å². The van der Waals surface area contributed by atoms with Crippen LogP contribution < -0.4 is 4.90 Å². The second-order valence-electron chi connectivity index (χ2n) is 5.27. The largest absolute Gasteiger partial charge is 0.394 e. The molecular formula is C15H17NO2S19. The number of aliphatic hydroxyl groups excluding tert-OH is 2. The number of hydrogen-bond donors (Lipinski definition) is 2. The number of rotatable bonds is 5. The van der Waals surface area contributed by atoms with Crippen LogP contribution in [-0.4, -0.2) is 29.5 Å². The van der Waals surface area contributed by atoms with Crippen LogP contribution in [0.5, 0.6) is 0 Å². The minimum atomic E-state index is -0.759. The monoisotopic (exact) mass is 851 g/mol. The molecule has 1 atom stereocenters. The fraction of sp³-hybridized carbons (Fsp3) is 0.200. The Morgan fingerprint density at radius 3 is 1.11 bits per heavy atom. The molecule has 0 heterocycles. The number of benzene rings is 2. The van der Waals surface area contributed by atoms with E-state index in [-0.39, 0.29) is 6.61 Å².